The molecule has 0 saturated carbocycles. The highest BCUT2D eigenvalue weighted by molar-refractivity contribution is 7.89. The second kappa shape index (κ2) is 7.11. The lowest BCUT2D eigenvalue weighted by Gasteiger charge is -2.27. The Kier molecular flexibility index (Phi) is 6.25. The average molecular weight is 336 g/mol. The Bertz CT molecular complexity index is 579. The number of rotatable bonds is 7. The molecular weight excluding hydrogens is 310 g/mol. The summed E-state index contributed by atoms with van der Waals surface area (Å²) in [4.78, 5) is 0.321. The zero-order chi connectivity index (χ0) is 16.4. The van der Waals surface area contributed by atoms with Crippen molar-refractivity contribution in [2.45, 2.75) is 59.0 Å². The van der Waals surface area contributed by atoms with E-state index in [9.17, 15) is 8.42 Å². The van der Waals surface area contributed by atoms with Crippen molar-refractivity contribution in [3.8, 4) is 0 Å². The van der Waals surface area contributed by atoms with Gasteiger partial charge in [-0.2, -0.15) is 9.40 Å². The van der Waals surface area contributed by atoms with Gasteiger partial charge in [0.25, 0.3) is 0 Å². The van der Waals surface area contributed by atoms with Crippen LogP contribution in [0.25, 0.3) is 0 Å². The summed E-state index contributed by atoms with van der Waals surface area (Å²) in [6.45, 7) is 12.4. The summed E-state index contributed by atoms with van der Waals surface area (Å²) in [5.41, 5.74) is 1.19. The first-order valence-corrected chi connectivity index (χ1v) is 9.22. The lowest BCUT2D eigenvalue weighted by molar-refractivity contribution is 0.318. The maximum atomic E-state index is 13.0. The fourth-order valence-electron chi connectivity index (χ4n) is 2.42. The zero-order valence-electron chi connectivity index (χ0n) is 13.7. The lowest BCUT2D eigenvalue weighted by atomic mass is 10.2. The first-order chi connectivity index (χ1) is 9.62. The highest BCUT2D eigenvalue weighted by Gasteiger charge is 2.32. The standard InChI is InChI=1S/C14H26ClN3O2S/c1-10(2)9-18(11(3)4)21(19,20)14-12(5)16-17(8-7-15)13(14)6/h10-11H,7-9H2,1-6H3. The zero-order valence-corrected chi connectivity index (χ0v) is 15.3. The number of hydrogen-bond donors (Lipinski definition) is 0. The van der Waals surface area contributed by atoms with Crippen molar-refractivity contribution in [3.63, 3.8) is 0 Å². The molecule has 0 saturated heterocycles. The number of nitrogens with zero attached hydrogens (tertiary/aromatic N) is 3. The number of aromatic nitrogens is 2. The van der Waals surface area contributed by atoms with Crippen molar-refractivity contribution < 1.29 is 8.42 Å². The van der Waals surface area contributed by atoms with Crippen LogP contribution in [0.4, 0.5) is 0 Å². The third-order valence-electron chi connectivity index (χ3n) is 3.30. The van der Waals surface area contributed by atoms with Crippen molar-refractivity contribution in [2.24, 2.45) is 5.92 Å². The monoisotopic (exact) mass is 335 g/mol. The van der Waals surface area contributed by atoms with Gasteiger partial charge in [0.05, 0.1) is 17.9 Å². The SMILES string of the molecule is Cc1nn(CCCl)c(C)c1S(=O)(=O)N(CC(C)C)C(C)C. The molecule has 0 aliphatic rings. The second-order valence-corrected chi connectivity index (χ2v) is 8.18. The van der Waals surface area contributed by atoms with Crippen molar-refractivity contribution in [1.82, 2.24) is 14.1 Å². The van der Waals surface area contributed by atoms with Crippen LogP contribution in [0.1, 0.15) is 39.1 Å². The predicted molar refractivity (Wildman–Crippen MR) is 86.3 cm³/mol. The summed E-state index contributed by atoms with van der Waals surface area (Å²) in [5, 5.41) is 4.31. The molecule has 1 aromatic rings. The average Bonchev–Trinajstić information content (AvgIpc) is 2.61. The molecule has 122 valence electrons. The molecule has 0 aromatic carbocycles. The third-order valence-corrected chi connectivity index (χ3v) is 5.76. The van der Waals surface area contributed by atoms with Crippen molar-refractivity contribution in [2.75, 3.05) is 12.4 Å². The molecule has 0 radical (unpaired) electrons. The Morgan fingerprint density at radius 1 is 1.24 bits per heavy atom. The topological polar surface area (TPSA) is 55.2 Å². The minimum absolute atomic E-state index is 0.0902. The molecule has 0 N–H and O–H groups in total. The van der Waals surface area contributed by atoms with Crippen molar-refractivity contribution >= 4 is 21.6 Å². The number of alkyl halides is 1. The maximum Gasteiger partial charge on any atom is 0.246 e. The van der Waals surface area contributed by atoms with Crippen LogP contribution >= 0.6 is 11.6 Å². The molecule has 0 aliphatic heterocycles. The van der Waals surface area contributed by atoms with E-state index in [0.717, 1.165) is 0 Å². The number of sulfonamides is 1. The second-order valence-electron chi connectivity index (χ2n) is 5.97. The van der Waals surface area contributed by atoms with Crippen molar-refractivity contribution in [1.29, 1.82) is 0 Å². The first kappa shape index (κ1) is 18.5. The highest BCUT2D eigenvalue weighted by atomic mass is 35.5. The van der Waals surface area contributed by atoms with Gasteiger partial charge in [-0.1, -0.05) is 13.8 Å². The molecule has 0 fully saturated rings. The van der Waals surface area contributed by atoms with Crippen LogP contribution in [0.3, 0.4) is 0 Å². The molecule has 1 heterocycles. The van der Waals surface area contributed by atoms with Crippen LogP contribution < -0.4 is 0 Å². The van der Waals surface area contributed by atoms with Gasteiger partial charge >= 0.3 is 0 Å². The van der Waals surface area contributed by atoms with E-state index in [1.807, 2.05) is 27.7 Å². The van der Waals surface area contributed by atoms with E-state index < -0.39 is 10.0 Å². The molecule has 0 amide bonds. The molecule has 7 heteroatoms. The van der Waals surface area contributed by atoms with Gasteiger partial charge in [-0.25, -0.2) is 8.42 Å². The third kappa shape index (κ3) is 3.99. The minimum Gasteiger partial charge on any atom is -0.267 e. The predicted octanol–water partition coefficient (Wildman–Crippen LogP) is 2.79. The van der Waals surface area contributed by atoms with Crippen LogP contribution in [0.5, 0.6) is 0 Å². The minimum atomic E-state index is -3.55. The molecule has 0 aliphatic carbocycles. The van der Waals surface area contributed by atoms with Crippen LogP contribution in [-0.2, 0) is 16.6 Å². The van der Waals surface area contributed by atoms with Crippen LogP contribution in [0.2, 0.25) is 0 Å². The molecular formula is C14H26ClN3O2S. The van der Waals surface area contributed by atoms with Gasteiger partial charge in [-0.15, -0.1) is 11.6 Å². The summed E-state index contributed by atoms with van der Waals surface area (Å²) in [5.74, 6) is 0.669. The van der Waals surface area contributed by atoms with E-state index in [-0.39, 0.29) is 12.0 Å². The first-order valence-electron chi connectivity index (χ1n) is 7.24. The van der Waals surface area contributed by atoms with E-state index in [0.29, 0.717) is 35.3 Å². The Hall–Kier alpha value is -0.590. The molecule has 0 unspecified atom stereocenters. The molecule has 0 atom stereocenters. The summed E-state index contributed by atoms with van der Waals surface area (Å²) in [7, 11) is -3.55. The molecule has 1 aromatic heterocycles. The molecule has 21 heavy (non-hydrogen) atoms. The van der Waals surface area contributed by atoms with E-state index in [1.165, 1.54) is 0 Å². The Balaban J connectivity index is 3.35. The quantitative estimate of drug-likeness (QED) is 0.720. The van der Waals surface area contributed by atoms with Crippen LogP contribution in [0, 0.1) is 19.8 Å². The normalized spacial score (nSPS) is 12.9. The number of hydrogen-bond acceptors (Lipinski definition) is 3. The summed E-state index contributed by atoms with van der Waals surface area (Å²) in [6.07, 6.45) is 0. The van der Waals surface area contributed by atoms with Crippen LogP contribution in [0.15, 0.2) is 4.90 Å². The summed E-state index contributed by atoms with van der Waals surface area (Å²) < 4.78 is 29.2. The summed E-state index contributed by atoms with van der Waals surface area (Å²) in [6, 6.07) is -0.0902. The molecule has 1 rings (SSSR count). The fourth-order valence-corrected chi connectivity index (χ4v) is 4.75. The highest BCUT2D eigenvalue weighted by Crippen LogP contribution is 2.25. The molecule has 0 bridgehead atoms. The Morgan fingerprint density at radius 3 is 2.24 bits per heavy atom. The maximum absolute atomic E-state index is 13.0. The Morgan fingerprint density at radius 2 is 1.81 bits per heavy atom. The van der Waals surface area contributed by atoms with Gasteiger partial charge in [-0.3, -0.25) is 4.68 Å². The largest absolute Gasteiger partial charge is 0.267 e. The fraction of sp³-hybridized carbons (Fsp3) is 0.786. The van der Waals surface area contributed by atoms with Gasteiger partial charge in [0, 0.05) is 18.5 Å². The van der Waals surface area contributed by atoms with E-state index in [1.54, 1.807) is 22.8 Å². The number of halogens is 1. The van der Waals surface area contributed by atoms with Gasteiger partial charge in [-0.05, 0) is 33.6 Å². The van der Waals surface area contributed by atoms with E-state index in [4.69, 9.17) is 11.6 Å². The Labute approximate surface area is 133 Å². The molecule has 5 nitrogen and oxygen atoms in total. The smallest absolute Gasteiger partial charge is 0.246 e. The van der Waals surface area contributed by atoms with Crippen LogP contribution in [-0.4, -0.2) is 41.0 Å². The molecule has 0 spiro atoms. The van der Waals surface area contributed by atoms with Gasteiger partial charge in [0.2, 0.25) is 10.0 Å². The van der Waals surface area contributed by atoms with Gasteiger partial charge in [0.1, 0.15) is 4.90 Å². The van der Waals surface area contributed by atoms with Gasteiger partial charge in [0.15, 0.2) is 0 Å². The van der Waals surface area contributed by atoms with Gasteiger partial charge < -0.3 is 0 Å². The van der Waals surface area contributed by atoms with Crippen molar-refractivity contribution in [3.05, 3.63) is 11.4 Å². The lowest BCUT2D eigenvalue weighted by Crippen LogP contribution is -2.39. The summed E-state index contributed by atoms with van der Waals surface area (Å²) >= 11 is 5.75. The number of aryl methyl sites for hydroxylation is 2. The van der Waals surface area contributed by atoms with E-state index >= 15 is 0 Å². The van der Waals surface area contributed by atoms with E-state index in [2.05, 4.69) is 5.10 Å².